The van der Waals surface area contributed by atoms with Crippen LogP contribution >= 0.6 is 0 Å². The third kappa shape index (κ3) is 4.69. The fraction of sp³-hybridized carbons (Fsp3) is 0.458. The summed E-state index contributed by atoms with van der Waals surface area (Å²) in [5.41, 5.74) is 9.01. The highest BCUT2D eigenvalue weighted by molar-refractivity contribution is 5.78. The van der Waals surface area contributed by atoms with Crippen molar-refractivity contribution < 1.29 is 18.6 Å². The summed E-state index contributed by atoms with van der Waals surface area (Å²) in [6, 6.07) is 5.86. The molecule has 0 aromatic carbocycles. The van der Waals surface area contributed by atoms with Crippen molar-refractivity contribution in [2.24, 2.45) is 5.73 Å². The molecule has 0 spiro atoms. The zero-order valence-corrected chi connectivity index (χ0v) is 18.7. The first-order valence-corrected chi connectivity index (χ1v) is 11.3. The maximum absolute atomic E-state index is 14.8. The second kappa shape index (κ2) is 9.44. The molecule has 1 saturated heterocycles. The molecular weight excluding hydrogens is 425 g/mol. The molecule has 2 aliphatic heterocycles. The van der Waals surface area contributed by atoms with E-state index in [0.717, 1.165) is 37.3 Å². The van der Waals surface area contributed by atoms with Crippen LogP contribution in [0.2, 0.25) is 0 Å². The van der Waals surface area contributed by atoms with E-state index >= 15 is 0 Å². The van der Waals surface area contributed by atoms with Crippen molar-refractivity contribution in [2.45, 2.75) is 37.8 Å². The Hall–Kier alpha value is -3.04. The van der Waals surface area contributed by atoms with Crippen LogP contribution < -0.4 is 19.9 Å². The Morgan fingerprint density at radius 2 is 2.03 bits per heavy atom. The van der Waals surface area contributed by atoms with Gasteiger partial charge in [-0.1, -0.05) is 0 Å². The van der Waals surface area contributed by atoms with E-state index in [9.17, 15) is 4.39 Å². The predicted molar refractivity (Wildman–Crippen MR) is 121 cm³/mol. The van der Waals surface area contributed by atoms with Crippen molar-refractivity contribution in [3.8, 4) is 17.4 Å². The number of hydrogen-bond acceptors (Lipinski definition) is 8. The number of halogens is 1. The van der Waals surface area contributed by atoms with Crippen LogP contribution in [-0.2, 0) is 12.8 Å². The maximum atomic E-state index is 14.8. The number of aromatic nitrogens is 3. The van der Waals surface area contributed by atoms with E-state index in [1.165, 1.54) is 6.20 Å². The summed E-state index contributed by atoms with van der Waals surface area (Å²) in [7, 11) is 1.55. The highest BCUT2D eigenvalue weighted by atomic mass is 19.1. The highest BCUT2D eigenvalue weighted by Crippen LogP contribution is 2.31. The smallest absolute Gasteiger partial charge is 0.213 e. The molecule has 0 amide bonds. The topological polar surface area (TPSA) is 95.6 Å². The van der Waals surface area contributed by atoms with Gasteiger partial charge in [0.25, 0.3) is 0 Å². The van der Waals surface area contributed by atoms with E-state index in [0.29, 0.717) is 54.4 Å². The zero-order chi connectivity index (χ0) is 22.8. The van der Waals surface area contributed by atoms with Gasteiger partial charge in [-0.25, -0.2) is 9.37 Å². The molecule has 0 radical (unpaired) electrons. The van der Waals surface area contributed by atoms with Crippen molar-refractivity contribution in [1.29, 1.82) is 0 Å². The molecule has 5 rings (SSSR count). The van der Waals surface area contributed by atoms with Gasteiger partial charge in [-0.15, -0.1) is 0 Å². The van der Waals surface area contributed by atoms with Gasteiger partial charge in [0.15, 0.2) is 11.5 Å². The van der Waals surface area contributed by atoms with Crippen molar-refractivity contribution >= 4 is 11.0 Å². The minimum absolute atomic E-state index is 0.146. The molecule has 9 heteroatoms. The van der Waals surface area contributed by atoms with Gasteiger partial charge in [-0.3, -0.25) is 14.9 Å². The van der Waals surface area contributed by atoms with Crippen LogP contribution in [0.5, 0.6) is 17.4 Å². The molecule has 33 heavy (non-hydrogen) atoms. The van der Waals surface area contributed by atoms with Gasteiger partial charge >= 0.3 is 0 Å². The molecule has 3 aromatic rings. The average Bonchev–Trinajstić information content (AvgIpc) is 2.84. The minimum Gasteiger partial charge on any atom is -0.486 e. The number of ether oxygens (including phenoxy) is 3. The molecule has 8 nitrogen and oxygen atoms in total. The van der Waals surface area contributed by atoms with Crippen LogP contribution in [0.4, 0.5) is 4.39 Å². The zero-order valence-electron chi connectivity index (χ0n) is 18.7. The summed E-state index contributed by atoms with van der Waals surface area (Å²) in [5.74, 6) is 1.53. The van der Waals surface area contributed by atoms with E-state index in [-0.39, 0.29) is 17.9 Å². The lowest BCUT2D eigenvalue weighted by atomic mass is 9.93. The Morgan fingerprint density at radius 3 is 2.88 bits per heavy atom. The molecule has 174 valence electrons. The van der Waals surface area contributed by atoms with Gasteiger partial charge in [-0.2, -0.15) is 0 Å². The lowest BCUT2D eigenvalue weighted by Crippen LogP contribution is -2.48. The Balaban J connectivity index is 1.34. The fourth-order valence-electron chi connectivity index (χ4n) is 4.66. The molecule has 5 heterocycles. The lowest BCUT2D eigenvalue weighted by molar-refractivity contribution is 0.135. The number of pyridine rings is 3. The first-order chi connectivity index (χ1) is 16.1. The number of likely N-dealkylation sites (tertiary alicyclic amines) is 1. The van der Waals surface area contributed by atoms with Crippen LogP contribution in [-0.4, -0.2) is 65.3 Å². The van der Waals surface area contributed by atoms with Crippen molar-refractivity contribution in [3.05, 3.63) is 47.7 Å². The summed E-state index contributed by atoms with van der Waals surface area (Å²) in [5, 5.41) is 0. The first kappa shape index (κ1) is 21.8. The van der Waals surface area contributed by atoms with Gasteiger partial charge in [-0.05, 0) is 31.9 Å². The second-order valence-electron chi connectivity index (χ2n) is 8.55. The Kier molecular flexibility index (Phi) is 6.24. The first-order valence-electron chi connectivity index (χ1n) is 11.3. The van der Waals surface area contributed by atoms with Crippen LogP contribution in [0.15, 0.2) is 30.6 Å². The molecule has 2 unspecified atom stereocenters. The molecule has 3 aromatic heterocycles. The maximum Gasteiger partial charge on any atom is 0.213 e. The number of rotatable bonds is 6. The molecule has 0 saturated carbocycles. The molecule has 1 fully saturated rings. The standard InChI is InChI=1S/C24H28FN5O3/c1-31-23-3-2-20-24(29-23)18(19(25)13-28-20)5-7-30-6-4-15(26)10-17(30)11-16-12-21-22(14-27-16)33-9-8-32-21/h2-3,12-15,17H,4-11,26H2,1H3. The largest absolute Gasteiger partial charge is 0.486 e. The quantitative estimate of drug-likeness (QED) is 0.608. The average molecular weight is 454 g/mol. The van der Waals surface area contributed by atoms with Crippen molar-refractivity contribution in [3.63, 3.8) is 0 Å². The van der Waals surface area contributed by atoms with Crippen LogP contribution in [0.25, 0.3) is 11.0 Å². The van der Waals surface area contributed by atoms with Gasteiger partial charge in [0.2, 0.25) is 5.88 Å². The Labute approximate surface area is 191 Å². The van der Waals surface area contributed by atoms with Crippen LogP contribution in [0.3, 0.4) is 0 Å². The SMILES string of the molecule is COc1ccc2ncc(F)c(CCN3CCC(N)CC3Cc3cc4c(cn3)OCCO4)c2n1. The normalized spacial score (nSPS) is 20.7. The Morgan fingerprint density at radius 1 is 1.18 bits per heavy atom. The van der Waals surface area contributed by atoms with Crippen LogP contribution in [0, 0.1) is 5.82 Å². The molecule has 0 bridgehead atoms. The number of hydrogen-bond donors (Lipinski definition) is 1. The predicted octanol–water partition coefficient (Wildman–Crippen LogP) is 2.52. The van der Waals surface area contributed by atoms with Gasteiger partial charge < -0.3 is 19.9 Å². The van der Waals surface area contributed by atoms with E-state index in [1.807, 2.05) is 6.07 Å². The number of methoxy groups -OCH3 is 1. The summed E-state index contributed by atoms with van der Waals surface area (Å²) in [4.78, 5) is 15.6. The van der Waals surface area contributed by atoms with Crippen molar-refractivity contribution in [1.82, 2.24) is 19.9 Å². The van der Waals surface area contributed by atoms with Gasteiger partial charge in [0.05, 0.1) is 30.5 Å². The molecule has 0 aliphatic carbocycles. The summed E-state index contributed by atoms with van der Waals surface area (Å²) in [6.07, 6.45) is 6.04. The molecule has 2 atom stereocenters. The summed E-state index contributed by atoms with van der Waals surface area (Å²) in [6.45, 7) is 2.63. The fourth-order valence-corrected chi connectivity index (χ4v) is 4.66. The van der Waals surface area contributed by atoms with Gasteiger partial charge in [0, 0.05) is 48.4 Å². The molecular formula is C24H28FN5O3. The monoisotopic (exact) mass is 453 g/mol. The van der Waals surface area contributed by atoms with E-state index < -0.39 is 0 Å². The van der Waals surface area contributed by atoms with E-state index in [4.69, 9.17) is 19.9 Å². The van der Waals surface area contributed by atoms with E-state index in [2.05, 4.69) is 19.9 Å². The summed E-state index contributed by atoms with van der Waals surface area (Å²) >= 11 is 0. The Bertz CT molecular complexity index is 1140. The molecule has 2 aliphatic rings. The minimum atomic E-state index is -0.345. The lowest BCUT2D eigenvalue weighted by Gasteiger charge is -2.38. The number of nitrogens with two attached hydrogens (primary N) is 1. The molecule has 2 N–H and O–H groups in total. The second-order valence-corrected chi connectivity index (χ2v) is 8.55. The van der Waals surface area contributed by atoms with Crippen molar-refractivity contribution in [2.75, 3.05) is 33.4 Å². The third-order valence-electron chi connectivity index (χ3n) is 6.41. The third-order valence-corrected chi connectivity index (χ3v) is 6.41. The highest BCUT2D eigenvalue weighted by Gasteiger charge is 2.28. The van der Waals surface area contributed by atoms with E-state index in [1.54, 1.807) is 25.4 Å². The number of piperidine rings is 1. The summed E-state index contributed by atoms with van der Waals surface area (Å²) < 4.78 is 31.3. The van der Waals surface area contributed by atoms with Crippen LogP contribution in [0.1, 0.15) is 24.1 Å². The number of fused-ring (bicyclic) bond motifs is 2. The van der Waals surface area contributed by atoms with Gasteiger partial charge in [0.1, 0.15) is 19.0 Å². The number of nitrogens with zero attached hydrogens (tertiary/aromatic N) is 4.